The molecule has 0 bridgehead atoms. The summed E-state index contributed by atoms with van der Waals surface area (Å²) in [6, 6.07) is 57.0. The molecule has 5 nitrogen and oxygen atoms in total. The second-order valence-electron chi connectivity index (χ2n) is 14.0. The smallest absolute Gasteiger partial charge is 0.132 e. The Kier molecular flexibility index (Phi) is 8.96. The third-order valence-electron chi connectivity index (χ3n) is 10.4. The van der Waals surface area contributed by atoms with Gasteiger partial charge in [0.1, 0.15) is 17.0 Å². The molecule has 6 aromatic carbocycles. The topological polar surface area (TPSA) is 63.6 Å². The van der Waals surface area contributed by atoms with Gasteiger partial charge in [0.05, 0.1) is 11.3 Å². The van der Waals surface area contributed by atoms with E-state index in [1.165, 1.54) is 0 Å². The molecule has 0 unspecified atom stereocenters. The van der Waals surface area contributed by atoms with E-state index in [-0.39, 0.29) is 26.8 Å². The van der Waals surface area contributed by atoms with Crippen molar-refractivity contribution in [3.05, 3.63) is 181 Å². The van der Waals surface area contributed by atoms with E-state index in [1.54, 1.807) is 0 Å². The molecule has 0 atom stereocenters. The Morgan fingerprint density at radius 2 is 1.30 bits per heavy atom. The molecule has 0 aliphatic heterocycles. The van der Waals surface area contributed by atoms with E-state index in [0.29, 0.717) is 28.1 Å². The summed E-state index contributed by atoms with van der Waals surface area (Å²) in [6.07, 6.45) is 2.05. The molecule has 272 valence electrons. The zero-order valence-corrected chi connectivity index (χ0v) is 32.9. The van der Waals surface area contributed by atoms with Crippen LogP contribution in [0.4, 0.5) is 0 Å². The first-order valence-electron chi connectivity index (χ1n) is 18.4. The van der Waals surface area contributed by atoms with Crippen molar-refractivity contribution in [3.8, 4) is 73.0 Å². The monoisotopic (exact) mass is 903 g/mol. The van der Waals surface area contributed by atoms with Gasteiger partial charge in [-0.2, -0.15) is 0 Å². The van der Waals surface area contributed by atoms with Crippen LogP contribution in [0.5, 0.6) is 5.75 Å². The Morgan fingerprint density at radius 1 is 0.589 bits per heavy atom. The number of aryl methyl sites for hydroxylation is 2. The maximum absolute atomic E-state index is 12.0. The fourth-order valence-electron chi connectivity index (χ4n) is 7.77. The minimum absolute atomic E-state index is 0. The van der Waals surface area contributed by atoms with Gasteiger partial charge in [0.2, 0.25) is 0 Å². The maximum Gasteiger partial charge on any atom is 0.132 e. The van der Waals surface area contributed by atoms with E-state index in [4.69, 9.17) is 14.4 Å². The van der Waals surface area contributed by atoms with E-state index in [2.05, 4.69) is 109 Å². The molecule has 0 fully saturated rings. The number of furan rings is 1. The van der Waals surface area contributed by atoms with Crippen LogP contribution < -0.4 is 0 Å². The van der Waals surface area contributed by atoms with Gasteiger partial charge < -0.3 is 13.9 Å². The second kappa shape index (κ2) is 14.3. The molecular weight excluding hydrogens is 870 g/mol. The number of pyridine rings is 2. The van der Waals surface area contributed by atoms with E-state index in [0.717, 1.165) is 77.9 Å². The molecule has 10 aromatic rings. The number of benzene rings is 6. The van der Waals surface area contributed by atoms with Crippen molar-refractivity contribution in [2.24, 2.45) is 0 Å². The summed E-state index contributed by atoms with van der Waals surface area (Å²) in [5.74, 6) is 0.178. The summed E-state index contributed by atoms with van der Waals surface area (Å²) in [4.78, 5) is 10.6. The first-order valence-corrected chi connectivity index (χ1v) is 18.4. The van der Waals surface area contributed by atoms with Gasteiger partial charge in [-0.3, -0.25) is 9.97 Å². The second-order valence-corrected chi connectivity index (χ2v) is 14.0. The van der Waals surface area contributed by atoms with Crippen LogP contribution in [-0.4, -0.2) is 19.5 Å². The molecule has 56 heavy (non-hydrogen) atoms. The SMILES string of the molecule is Cc1cccc(-c2cccc(-c3cc(-c4ccccc4C)cc(-c4[c-]c(-c5nc6ccccn6c5-c5ccccc5)cc5c4oc4ccccc45)n3)c2O)c1.[Pt]. The molecule has 0 saturated heterocycles. The van der Waals surface area contributed by atoms with Crippen LogP contribution in [0.3, 0.4) is 0 Å². The summed E-state index contributed by atoms with van der Waals surface area (Å²) < 4.78 is 8.82. The zero-order valence-electron chi connectivity index (χ0n) is 30.6. The van der Waals surface area contributed by atoms with Gasteiger partial charge in [-0.15, -0.1) is 12.1 Å². The van der Waals surface area contributed by atoms with Crippen molar-refractivity contribution in [1.29, 1.82) is 0 Å². The van der Waals surface area contributed by atoms with Crippen LogP contribution in [0.15, 0.2) is 168 Å². The Morgan fingerprint density at radius 3 is 2.16 bits per heavy atom. The molecule has 4 aromatic heterocycles. The number of phenols is 1. The van der Waals surface area contributed by atoms with Crippen molar-refractivity contribution in [1.82, 2.24) is 14.4 Å². The van der Waals surface area contributed by atoms with Gasteiger partial charge in [0, 0.05) is 60.9 Å². The van der Waals surface area contributed by atoms with Crippen LogP contribution >= 0.6 is 0 Å². The maximum atomic E-state index is 12.0. The average molecular weight is 904 g/mol. The number of nitrogens with zero attached hydrogens (tertiary/aromatic N) is 3. The molecule has 0 saturated carbocycles. The number of fused-ring (bicyclic) bond motifs is 4. The molecule has 4 heterocycles. The van der Waals surface area contributed by atoms with Crippen LogP contribution in [0.1, 0.15) is 11.1 Å². The first kappa shape index (κ1) is 35.2. The standard InChI is InChI=1S/C50H34N3O2.Pt/c1-31-14-12-18-34(26-31)38-21-13-22-40(49(38)54)43-29-35(37-19-7-6-15-32(37)2)30-44(51-43)42-28-36(27-41-39-20-8-9-23-45(39)55-50(41)42)47-48(33-16-4-3-5-17-33)53-25-11-10-24-46(53)52-47;/h3-27,29-30,54H,1-2H3;/q-1;. The van der Waals surface area contributed by atoms with E-state index >= 15 is 0 Å². The Bertz CT molecular complexity index is 3090. The van der Waals surface area contributed by atoms with Gasteiger partial charge in [-0.1, -0.05) is 138 Å². The Hall–Kier alpha value is -6.55. The van der Waals surface area contributed by atoms with E-state index in [1.807, 2.05) is 78.9 Å². The largest absolute Gasteiger partial charge is 0.507 e. The van der Waals surface area contributed by atoms with Crippen LogP contribution in [0, 0.1) is 19.9 Å². The molecule has 6 heteroatoms. The number of hydrogen-bond acceptors (Lipinski definition) is 4. The molecule has 0 amide bonds. The summed E-state index contributed by atoms with van der Waals surface area (Å²) in [6.45, 7) is 4.17. The average Bonchev–Trinajstić information content (AvgIpc) is 3.80. The molecule has 10 rings (SSSR count). The van der Waals surface area contributed by atoms with Gasteiger partial charge in [-0.05, 0) is 77.4 Å². The molecular formula is C50H34N3O2Pt-. The van der Waals surface area contributed by atoms with Crippen LogP contribution in [0.2, 0.25) is 0 Å². The predicted octanol–water partition coefficient (Wildman–Crippen LogP) is 12.8. The predicted molar refractivity (Wildman–Crippen MR) is 223 cm³/mol. The zero-order chi connectivity index (χ0) is 37.0. The number of phenolic OH excluding ortho intramolecular Hbond substituents is 1. The van der Waals surface area contributed by atoms with Crippen molar-refractivity contribution in [3.63, 3.8) is 0 Å². The summed E-state index contributed by atoms with van der Waals surface area (Å²) in [7, 11) is 0. The minimum Gasteiger partial charge on any atom is -0.507 e. The number of imidazole rings is 1. The van der Waals surface area contributed by atoms with Gasteiger partial charge >= 0.3 is 0 Å². The van der Waals surface area contributed by atoms with Crippen molar-refractivity contribution in [2.45, 2.75) is 13.8 Å². The van der Waals surface area contributed by atoms with Gasteiger partial charge in [-0.25, -0.2) is 0 Å². The number of hydrogen-bond donors (Lipinski definition) is 1. The third kappa shape index (κ3) is 6.02. The number of rotatable bonds is 6. The normalized spacial score (nSPS) is 11.3. The third-order valence-corrected chi connectivity index (χ3v) is 10.4. The summed E-state index contributed by atoms with van der Waals surface area (Å²) in [5, 5.41) is 13.9. The minimum atomic E-state index is 0. The molecule has 0 aliphatic rings. The molecule has 0 aliphatic carbocycles. The van der Waals surface area contributed by atoms with Gasteiger partial charge in [0.15, 0.2) is 0 Å². The fourth-order valence-corrected chi connectivity index (χ4v) is 7.77. The first-order chi connectivity index (χ1) is 27.0. The number of aromatic nitrogens is 3. The fraction of sp³-hybridized carbons (Fsp3) is 0.0400. The molecule has 1 N–H and O–H groups in total. The Balaban J connectivity index is 0.00000410. The van der Waals surface area contributed by atoms with Crippen molar-refractivity contribution in [2.75, 3.05) is 0 Å². The Labute approximate surface area is 338 Å². The van der Waals surface area contributed by atoms with Crippen molar-refractivity contribution < 1.29 is 30.6 Å². The summed E-state index contributed by atoms with van der Waals surface area (Å²) in [5.41, 5.74) is 14.6. The number of para-hydroxylation sites is 2. The van der Waals surface area contributed by atoms with Crippen LogP contribution in [0.25, 0.3) is 94.9 Å². The quantitative estimate of drug-likeness (QED) is 0.169. The molecule has 0 spiro atoms. The summed E-state index contributed by atoms with van der Waals surface area (Å²) >= 11 is 0. The van der Waals surface area contributed by atoms with Gasteiger partial charge in [0.25, 0.3) is 0 Å². The van der Waals surface area contributed by atoms with E-state index in [9.17, 15) is 5.11 Å². The van der Waals surface area contributed by atoms with Crippen molar-refractivity contribution >= 4 is 27.6 Å². The number of aromatic hydroxyl groups is 1. The molecule has 0 radical (unpaired) electrons. The van der Waals surface area contributed by atoms with Crippen LogP contribution in [-0.2, 0) is 21.1 Å². The van der Waals surface area contributed by atoms with E-state index < -0.39 is 0 Å².